The molecule has 0 unspecified atom stereocenters. The van der Waals surface area contributed by atoms with Crippen molar-refractivity contribution < 1.29 is 4.84 Å². The molecule has 2 aromatic rings. The second-order valence-electron chi connectivity index (χ2n) is 5.02. The van der Waals surface area contributed by atoms with Gasteiger partial charge in [0.25, 0.3) is 0 Å². The van der Waals surface area contributed by atoms with Crippen molar-refractivity contribution in [2.24, 2.45) is 11.1 Å². The van der Waals surface area contributed by atoms with Crippen molar-refractivity contribution in [3.05, 3.63) is 42.2 Å². The van der Waals surface area contributed by atoms with Crippen LogP contribution >= 0.6 is 0 Å². The number of rotatable bonds is 5. The fraction of sp³-hybridized carbons (Fsp3) is 0.375. The van der Waals surface area contributed by atoms with Gasteiger partial charge < -0.3 is 4.84 Å². The number of nitrogens with zero attached hydrogens (tertiary/aromatic N) is 5. The van der Waals surface area contributed by atoms with Crippen molar-refractivity contribution in [1.29, 1.82) is 0 Å². The fourth-order valence-corrected chi connectivity index (χ4v) is 1.83. The number of hydrogen-bond acceptors (Lipinski definition) is 5. The van der Waals surface area contributed by atoms with Crippen LogP contribution in [0.15, 0.2) is 36.1 Å². The van der Waals surface area contributed by atoms with Crippen LogP contribution < -0.4 is 0 Å². The third-order valence-corrected chi connectivity index (χ3v) is 3.16. The topological polar surface area (TPSA) is 65.2 Å². The second-order valence-corrected chi connectivity index (χ2v) is 5.02. The van der Waals surface area contributed by atoms with Gasteiger partial charge in [0.2, 0.25) is 0 Å². The maximum atomic E-state index is 5.19. The van der Waals surface area contributed by atoms with E-state index in [9.17, 15) is 0 Å². The van der Waals surface area contributed by atoms with E-state index in [-0.39, 0.29) is 0 Å². The Bertz CT molecular complexity index is 690. The summed E-state index contributed by atoms with van der Waals surface area (Å²) < 4.78 is 1.69. The van der Waals surface area contributed by atoms with E-state index in [0.717, 1.165) is 17.0 Å². The van der Waals surface area contributed by atoms with Gasteiger partial charge in [0, 0.05) is 17.7 Å². The molecule has 0 spiro atoms. The molecule has 1 saturated carbocycles. The normalized spacial score (nSPS) is 14.3. The first-order valence-corrected chi connectivity index (χ1v) is 7.34. The molecule has 0 aromatic carbocycles. The highest BCUT2D eigenvalue weighted by Gasteiger charge is 2.17. The van der Waals surface area contributed by atoms with Gasteiger partial charge in [0.05, 0.1) is 6.54 Å². The van der Waals surface area contributed by atoms with E-state index in [2.05, 4.69) is 32.1 Å². The molecule has 3 rings (SSSR count). The van der Waals surface area contributed by atoms with Gasteiger partial charge >= 0.3 is 0 Å². The summed E-state index contributed by atoms with van der Waals surface area (Å²) in [5.74, 6) is 6.88. The smallest absolute Gasteiger partial charge is 0.137 e. The molecule has 0 saturated heterocycles. The van der Waals surface area contributed by atoms with Crippen molar-refractivity contribution in [2.45, 2.75) is 26.3 Å². The van der Waals surface area contributed by atoms with E-state index >= 15 is 0 Å². The first kappa shape index (κ1) is 14.3. The highest BCUT2D eigenvalue weighted by Crippen LogP contribution is 2.27. The Balaban J connectivity index is 1.76. The average Bonchev–Trinajstić information content (AvgIpc) is 3.25. The molecule has 112 valence electrons. The van der Waals surface area contributed by atoms with Gasteiger partial charge in [-0.3, -0.25) is 0 Å². The Morgan fingerprint density at radius 2 is 2.36 bits per heavy atom. The lowest BCUT2D eigenvalue weighted by Gasteiger charge is -2.06. The maximum absolute atomic E-state index is 5.19. The third kappa shape index (κ3) is 3.92. The Labute approximate surface area is 129 Å². The van der Waals surface area contributed by atoms with E-state index < -0.39 is 0 Å². The molecule has 1 fully saturated rings. The summed E-state index contributed by atoms with van der Waals surface area (Å²) in [4.78, 5) is 13.5. The van der Waals surface area contributed by atoms with Gasteiger partial charge in [-0.15, -0.1) is 0 Å². The molecule has 0 amide bonds. The highest BCUT2D eigenvalue weighted by molar-refractivity contribution is 5.99. The lowest BCUT2D eigenvalue weighted by atomic mass is 10.1. The van der Waals surface area contributed by atoms with E-state index in [0.29, 0.717) is 19.1 Å². The molecule has 0 N–H and O–H groups in total. The molecule has 1 aliphatic rings. The van der Waals surface area contributed by atoms with Crippen LogP contribution in [-0.4, -0.2) is 32.1 Å². The average molecular weight is 295 g/mol. The van der Waals surface area contributed by atoms with E-state index in [4.69, 9.17) is 4.84 Å². The van der Waals surface area contributed by atoms with Crippen LogP contribution in [-0.2, 0) is 11.4 Å². The van der Waals surface area contributed by atoms with Crippen LogP contribution in [0.4, 0.5) is 0 Å². The van der Waals surface area contributed by atoms with E-state index in [1.807, 2.05) is 19.1 Å². The van der Waals surface area contributed by atoms with Gasteiger partial charge in [0.1, 0.15) is 30.7 Å². The summed E-state index contributed by atoms with van der Waals surface area (Å²) in [5, 5.41) is 8.24. The monoisotopic (exact) mass is 295 g/mol. The van der Waals surface area contributed by atoms with E-state index in [1.54, 1.807) is 17.2 Å². The maximum Gasteiger partial charge on any atom is 0.137 e. The number of oxime groups is 1. The molecule has 2 aromatic heterocycles. The summed E-state index contributed by atoms with van der Waals surface area (Å²) in [5.41, 5.74) is 2.43. The number of aromatic nitrogens is 4. The molecular formula is C16H17N5O. The van der Waals surface area contributed by atoms with Gasteiger partial charge in [-0.2, -0.15) is 5.10 Å². The Kier molecular flexibility index (Phi) is 4.44. The van der Waals surface area contributed by atoms with Crippen LogP contribution in [0.2, 0.25) is 0 Å². The molecule has 0 aliphatic heterocycles. The largest absolute Gasteiger partial charge is 0.396 e. The lowest BCUT2D eigenvalue weighted by molar-refractivity contribution is 0.158. The molecule has 6 heteroatoms. The van der Waals surface area contributed by atoms with Crippen molar-refractivity contribution in [1.82, 2.24) is 19.7 Å². The quantitative estimate of drug-likeness (QED) is 0.480. The first-order valence-electron chi connectivity index (χ1n) is 7.34. The predicted molar refractivity (Wildman–Crippen MR) is 82.0 cm³/mol. The number of pyridine rings is 1. The zero-order valence-corrected chi connectivity index (χ0v) is 12.4. The number of hydrogen-bond donors (Lipinski definition) is 0. The van der Waals surface area contributed by atoms with Crippen LogP contribution in [0, 0.1) is 17.8 Å². The summed E-state index contributed by atoms with van der Waals surface area (Å²) in [6, 6.07) is 3.87. The van der Waals surface area contributed by atoms with Gasteiger partial charge in [-0.25, -0.2) is 14.6 Å². The zero-order chi connectivity index (χ0) is 15.2. The van der Waals surface area contributed by atoms with Crippen LogP contribution in [0.25, 0.3) is 0 Å². The molecule has 22 heavy (non-hydrogen) atoms. The summed E-state index contributed by atoms with van der Waals surface area (Å²) in [6.45, 7) is 2.89. The molecule has 1 aliphatic carbocycles. The standard InChI is InChI=1S/C16H17N5O/c1-2-22-20-16(10-21-12-17-11-19-21)14-6-8-15(18-9-14)7-5-13-3-4-13/h6,8-9,11-13H,2-4,10H2,1H3/b20-16+. The molecular weight excluding hydrogens is 278 g/mol. The SMILES string of the molecule is CCO/N=C(\Cn1cncn1)c1ccc(C#CC2CC2)nc1. The van der Waals surface area contributed by atoms with Crippen molar-refractivity contribution in [3.8, 4) is 11.8 Å². The first-order chi connectivity index (χ1) is 10.8. The van der Waals surface area contributed by atoms with Crippen LogP contribution in [0.5, 0.6) is 0 Å². The minimum absolute atomic E-state index is 0.481. The minimum atomic E-state index is 0.481. The van der Waals surface area contributed by atoms with Crippen molar-refractivity contribution in [3.63, 3.8) is 0 Å². The lowest BCUT2D eigenvalue weighted by Crippen LogP contribution is -2.13. The second kappa shape index (κ2) is 6.85. The predicted octanol–water partition coefficient (Wildman–Crippen LogP) is 1.88. The third-order valence-electron chi connectivity index (χ3n) is 3.16. The minimum Gasteiger partial charge on any atom is -0.396 e. The molecule has 0 radical (unpaired) electrons. The van der Waals surface area contributed by atoms with Crippen LogP contribution in [0.3, 0.4) is 0 Å². The molecule has 6 nitrogen and oxygen atoms in total. The van der Waals surface area contributed by atoms with E-state index in [1.165, 1.54) is 19.2 Å². The summed E-state index contributed by atoms with van der Waals surface area (Å²) in [6.07, 6.45) is 7.34. The zero-order valence-electron chi connectivity index (χ0n) is 12.4. The molecule has 2 heterocycles. The van der Waals surface area contributed by atoms with Gasteiger partial charge in [-0.05, 0) is 37.8 Å². The summed E-state index contributed by atoms with van der Waals surface area (Å²) >= 11 is 0. The summed E-state index contributed by atoms with van der Waals surface area (Å²) in [7, 11) is 0. The van der Waals surface area contributed by atoms with Gasteiger partial charge in [-0.1, -0.05) is 11.1 Å². The Morgan fingerprint density at radius 1 is 1.45 bits per heavy atom. The fourth-order valence-electron chi connectivity index (χ4n) is 1.83. The van der Waals surface area contributed by atoms with Crippen molar-refractivity contribution >= 4 is 5.71 Å². The molecule has 0 atom stereocenters. The van der Waals surface area contributed by atoms with Crippen LogP contribution in [0.1, 0.15) is 31.0 Å². The Hall–Kier alpha value is -2.68. The Morgan fingerprint density at radius 3 is 3.00 bits per heavy atom. The highest BCUT2D eigenvalue weighted by atomic mass is 16.6. The molecule has 0 bridgehead atoms. The van der Waals surface area contributed by atoms with Gasteiger partial charge in [0.15, 0.2) is 0 Å². The van der Waals surface area contributed by atoms with Crippen molar-refractivity contribution in [2.75, 3.05) is 6.61 Å².